The Morgan fingerprint density at radius 2 is 1.89 bits per heavy atom. The number of amidine groups is 1. The number of rotatable bonds is 4. The van der Waals surface area contributed by atoms with Crippen LogP contribution >= 0.6 is 11.8 Å². The van der Waals surface area contributed by atoms with Crippen LogP contribution in [0.5, 0.6) is 5.75 Å². The number of benzene rings is 2. The molecule has 0 aromatic heterocycles. The van der Waals surface area contributed by atoms with Crippen LogP contribution in [0.15, 0.2) is 64.8 Å². The van der Waals surface area contributed by atoms with Crippen molar-refractivity contribution in [1.82, 2.24) is 5.32 Å². The van der Waals surface area contributed by atoms with Gasteiger partial charge < -0.3 is 15.7 Å². The van der Waals surface area contributed by atoms with Crippen LogP contribution in [0, 0.1) is 0 Å². The quantitative estimate of drug-likeness (QED) is 0.559. The summed E-state index contributed by atoms with van der Waals surface area (Å²) in [4.78, 5) is 24.4. The molecule has 7 nitrogen and oxygen atoms in total. The molecule has 138 valence electrons. The lowest BCUT2D eigenvalue weighted by atomic mass is 10.1. The number of nitrogens with zero attached hydrogens (tertiary/aromatic N) is 2. The molecule has 3 rings (SSSR count). The van der Waals surface area contributed by atoms with Crippen LogP contribution in [0.3, 0.4) is 0 Å². The van der Waals surface area contributed by atoms with Gasteiger partial charge in [-0.25, -0.2) is 0 Å². The summed E-state index contributed by atoms with van der Waals surface area (Å²) in [5.74, 6) is -0.369. The summed E-state index contributed by atoms with van der Waals surface area (Å²) in [5, 5.41) is 22.6. The number of hydrogen-bond donors (Lipinski definition) is 3. The molecule has 1 aliphatic rings. The van der Waals surface area contributed by atoms with Crippen molar-refractivity contribution in [3.05, 3.63) is 60.2 Å². The molecule has 0 spiro atoms. The van der Waals surface area contributed by atoms with Gasteiger partial charge in [0.15, 0.2) is 5.17 Å². The molecule has 1 heterocycles. The first kappa shape index (κ1) is 18.7. The number of hydrogen-bond acceptors (Lipinski definition) is 6. The van der Waals surface area contributed by atoms with Crippen LogP contribution in [-0.4, -0.2) is 33.1 Å². The fourth-order valence-corrected chi connectivity index (χ4v) is 3.30. The summed E-state index contributed by atoms with van der Waals surface area (Å²) in [5.41, 5.74) is 2.09. The average molecular weight is 382 g/mol. The predicted octanol–water partition coefficient (Wildman–Crippen LogP) is 2.73. The maximum Gasteiger partial charge on any atom is 0.238 e. The van der Waals surface area contributed by atoms with Gasteiger partial charge in [-0.1, -0.05) is 30.0 Å². The smallest absolute Gasteiger partial charge is 0.238 e. The normalized spacial score (nSPS) is 18.9. The number of carbonyl (C=O) groups is 2. The SMILES string of the molecule is C/C(=N\N=C1/NC(=O)C[C@H](C(=O)Nc2ccccc2)S1)c1ccc(O)cc1. The maximum absolute atomic E-state index is 12.4. The highest BCUT2D eigenvalue weighted by Crippen LogP contribution is 2.22. The number of phenolic OH excluding ortho intramolecular Hbond substituents is 1. The van der Waals surface area contributed by atoms with Crippen molar-refractivity contribution in [2.45, 2.75) is 18.6 Å². The third-order valence-electron chi connectivity index (χ3n) is 3.78. The third kappa shape index (κ3) is 5.18. The van der Waals surface area contributed by atoms with E-state index in [1.165, 1.54) is 0 Å². The molecule has 1 atom stereocenters. The number of phenols is 1. The number of para-hydroxylation sites is 1. The average Bonchev–Trinajstić information content (AvgIpc) is 2.67. The van der Waals surface area contributed by atoms with E-state index in [0.717, 1.165) is 17.3 Å². The van der Waals surface area contributed by atoms with E-state index in [2.05, 4.69) is 20.8 Å². The minimum atomic E-state index is -0.582. The van der Waals surface area contributed by atoms with Crippen molar-refractivity contribution in [3.63, 3.8) is 0 Å². The van der Waals surface area contributed by atoms with E-state index in [1.54, 1.807) is 43.3 Å². The molecular formula is C19H18N4O3S. The van der Waals surface area contributed by atoms with Gasteiger partial charge in [0.1, 0.15) is 11.0 Å². The molecule has 0 radical (unpaired) electrons. The highest BCUT2D eigenvalue weighted by Gasteiger charge is 2.30. The van der Waals surface area contributed by atoms with Crippen molar-refractivity contribution in [2.75, 3.05) is 5.32 Å². The van der Waals surface area contributed by atoms with E-state index in [4.69, 9.17) is 0 Å². The summed E-state index contributed by atoms with van der Waals surface area (Å²) in [7, 11) is 0. The van der Waals surface area contributed by atoms with Crippen LogP contribution < -0.4 is 10.6 Å². The maximum atomic E-state index is 12.4. The van der Waals surface area contributed by atoms with Gasteiger partial charge in [0.05, 0.1) is 5.71 Å². The van der Waals surface area contributed by atoms with E-state index in [9.17, 15) is 14.7 Å². The molecule has 0 aliphatic carbocycles. The van der Waals surface area contributed by atoms with Crippen LogP contribution in [-0.2, 0) is 9.59 Å². The Bertz CT molecular complexity index is 895. The fourth-order valence-electron chi connectivity index (χ4n) is 2.36. The Labute approximate surface area is 160 Å². The lowest BCUT2D eigenvalue weighted by Crippen LogP contribution is -2.41. The molecule has 1 aliphatic heterocycles. The second-order valence-electron chi connectivity index (χ2n) is 5.85. The standard InChI is InChI=1S/C19H18N4O3S/c1-12(13-7-9-15(24)10-8-13)22-23-19-21-17(25)11-16(27-19)18(26)20-14-5-3-2-4-6-14/h2-10,16,24H,11H2,1H3,(H,20,26)(H,21,23,25)/b22-12+/t16-/m1/s1. The van der Waals surface area contributed by atoms with Crippen molar-refractivity contribution in [3.8, 4) is 5.75 Å². The topological polar surface area (TPSA) is 103 Å². The number of amides is 2. The first-order valence-corrected chi connectivity index (χ1v) is 9.13. The van der Waals surface area contributed by atoms with E-state index < -0.39 is 5.25 Å². The number of carbonyl (C=O) groups excluding carboxylic acids is 2. The zero-order valence-corrected chi connectivity index (χ0v) is 15.4. The Kier molecular flexibility index (Phi) is 5.87. The van der Waals surface area contributed by atoms with Crippen LogP contribution in [0.4, 0.5) is 5.69 Å². The lowest BCUT2D eigenvalue weighted by Gasteiger charge is -2.21. The van der Waals surface area contributed by atoms with Crippen molar-refractivity contribution < 1.29 is 14.7 Å². The summed E-state index contributed by atoms with van der Waals surface area (Å²) in [6.07, 6.45) is 0.0724. The molecule has 1 saturated heterocycles. The second kappa shape index (κ2) is 8.50. The largest absolute Gasteiger partial charge is 0.508 e. The van der Waals surface area contributed by atoms with Crippen LogP contribution in [0.25, 0.3) is 0 Å². The van der Waals surface area contributed by atoms with Crippen molar-refractivity contribution in [2.24, 2.45) is 10.2 Å². The van der Waals surface area contributed by atoms with Gasteiger partial charge in [-0.3, -0.25) is 9.59 Å². The third-order valence-corrected chi connectivity index (χ3v) is 4.85. The lowest BCUT2D eigenvalue weighted by molar-refractivity contribution is -0.123. The molecule has 2 aromatic rings. The van der Waals surface area contributed by atoms with Gasteiger partial charge in [-0.15, -0.1) is 5.10 Å². The highest BCUT2D eigenvalue weighted by atomic mass is 32.2. The number of anilines is 1. The summed E-state index contributed by atoms with van der Waals surface area (Å²) in [6.45, 7) is 1.77. The monoisotopic (exact) mass is 382 g/mol. The molecule has 0 unspecified atom stereocenters. The number of thioether (sulfide) groups is 1. The number of aromatic hydroxyl groups is 1. The molecule has 2 aromatic carbocycles. The van der Waals surface area contributed by atoms with Gasteiger partial charge in [0.2, 0.25) is 11.8 Å². The van der Waals surface area contributed by atoms with Gasteiger partial charge in [0, 0.05) is 12.1 Å². The van der Waals surface area contributed by atoms with E-state index in [1.807, 2.05) is 18.2 Å². The molecule has 8 heteroatoms. The summed E-state index contributed by atoms with van der Waals surface area (Å²) >= 11 is 1.16. The molecule has 3 N–H and O–H groups in total. The first-order valence-electron chi connectivity index (χ1n) is 8.25. The van der Waals surface area contributed by atoms with Crippen LogP contribution in [0.2, 0.25) is 0 Å². The molecule has 27 heavy (non-hydrogen) atoms. The summed E-state index contributed by atoms with van der Waals surface area (Å²) in [6, 6.07) is 15.6. The highest BCUT2D eigenvalue weighted by molar-refractivity contribution is 8.15. The van der Waals surface area contributed by atoms with Crippen LogP contribution in [0.1, 0.15) is 18.9 Å². The Morgan fingerprint density at radius 1 is 1.19 bits per heavy atom. The Balaban J connectivity index is 1.69. The minimum Gasteiger partial charge on any atom is -0.508 e. The number of nitrogens with one attached hydrogen (secondary N) is 2. The van der Waals surface area contributed by atoms with Gasteiger partial charge in [0.25, 0.3) is 0 Å². The second-order valence-corrected chi connectivity index (χ2v) is 7.04. The molecule has 0 bridgehead atoms. The Hall–Kier alpha value is -3.13. The molecular weight excluding hydrogens is 364 g/mol. The van der Waals surface area contributed by atoms with E-state index in [0.29, 0.717) is 11.4 Å². The molecule has 0 saturated carbocycles. The van der Waals surface area contributed by atoms with Crippen molar-refractivity contribution in [1.29, 1.82) is 0 Å². The fraction of sp³-hybridized carbons (Fsp3) is 0.158. The van der Waals surface area contributed by atoms with Gasteiger partial charge >= 0.3 is 0 Å². The van der Waals surface area contributed by atoms with Gasteiger partial charge in [-0.05, 0) is 48.9 Å². The van der Waals surface area contributed by atoms with E-state index in [-0.39, 0.29) is 29.2 Å². The predicted molar refractivity (Wildman–Crippen MR) is 107 cm³/mol. The summed E-state index contributed by atoms with van der Waals surface area (Å²) < 4.78 is 0. The molecule has 1 fully saturated rings. The minimum absolute atomic E-state index is 0.0724. The zero-order chi connectivity index (χ0) is 19.2. The van der Waals surface area contributed by atoms with Crippen molar-refractivity contribution >= 4 is 40.1 Å². The van der Waals surface area contributed by atoms with E-state index >= 15 is 0 Å². The van der Waals surface area contributed by atoms with Gasteiger partial charge in [-0.2, -0.15) is 5.10 Å². The first-order chi connectivity index (χ1) is 13.0. The zero-order valence-electron chi connectivity index (χ0n) is 14.5. The Morgan fingerprint density at radius 3 is 2.59 bits per heavy atom. The molecule has 2 amide bonds.